The number of unbranched alkanes of at least 4 members (excludes halogenated alkanes) is 60. The topological polar surface area (TPSA) is 95.9 Å². The van der Waals surface area contributed by atoms with E-state index in [1.807, 2.05) is 6.08 Å². The summed E-state index contributed by atoms with van der Waals surface area (Å²) in [5.41, 5.74) is 0. The lowest BCUT2D eigenvalue weighted by Gasteiger charge is -2.20. The lowest BCUT2D eigenvalue weighted by molar-refractivity contribution is -0.143. The Balaban J connectivity index is 3.38. The van der Waals surface area contributed by atoms with Crippen LogP contribution >= 0.6 is 0 Å². The van der Waals surface area contributed by atoms with Crippen molar-refractivity contribution in [3.8, 4) is 0 Å². The molecule has 0 aliphatic rings. The third kappa shape index (κ3) is 74.9. The minimum atomic E-state index is -0.844. The van der Waals surface area contributed by atoms with Gasteiger partial charge in [-0.25, -0.2) is 0 Å². The quantitative estimate of drug-likeness (QED) is 0.0320. The third-order valence-electron chi connectivity index (χ3n) is 19.1. The normalized spacial score (nSPS) is 12.7. The molecule has 0 saturated carbocycles. The molecule has 0 aromatic carbocycles. The summed E-state index contributed by atoms with van der Waals surface area (Å²) >= 11 is 0. The Hall–Kier alpha value is -2.18. The van der Waals surface area contributed by atoms with E-state index in [1.54, 1.807) is 6.08 Å². The number of allylic oxidation sites excluding steroid dienone is 7. The van der Waals surface area contributed by atoms with Gasteiger partial charge in [0.05, 0.1) is 25.4 Å². The molecule has 0 aromatic rings. The number of nitrogens with one attached hydrogen (secondary N) is 1. The Bertz CT molecular complexity index is 1500. The highest BCUT2D eigenvalue weighted by atomic mass is 16.5. The van der Waals surface area contributed by atoms with Crippen LogP contribution in [-0.2, 0) is 14.3 Å². The average Bonchev–Trinajstić information content (AvgIpc) is 3.74. The van der Waals surface area contributed by atoms with E-state index in [0.717, 1.165) is 44.9 Å². The van der Waals surface area contributed by atoms with Crippen LogP contribution in [0.1, 0.15) is 450 Å². The van der Waals surface area contributed by atoms with Crippen molar-refractivity contribution in [2.24, 2.45) is 0 Å². The first-order valence-corrected chi connectivity index (χ1v) is 40.9. The molecular formula is C84H159NO5. The van der Waals surface area contributed by atoms with Gasteiger partial charge in [-0.05, 0) is 89.9 Å². The average molecular weight is 1260 g/mol. The van der Waals surface area contributed by atoms with E-state index in [1.165, 1.54) is 379 Å². The number of rotatable bonds is 77. The van der Waals surface area contributed by atoms with Gasteiger partial charge in [0, 0.05) is 12.8 Å². The first-order chi connectivity index (χ1) is 44.5. The Kier molecular flexibility index (Phi) is 77.3. The van der Waals surface area contributed by atoms with Crippen LogP contribution in [-0.4, -0.2) is 47.4 Å². The molecule has 0 aliphatic carbocycles. The predicted octanol–water partition coefficient (Wildman–Crippen LogP) is 27.2. The van der Waals surface area contributed by atoms with Gasteiger partial charge in [-0.3, -0.25) is 9.59 Å². The van der Waals surface area contributed by atoms with E-state index in [2.05, 4.69) is 55.6 Å². The molecule has 1 amide bonds. The van der Waals surface area contributed by atoms with Crippen molar-refractivity contribution in [3.05, 3.63) is 48.6 Å². The summed E-state index contributed by atoms with van der Waals surface area (Å²) in [6.45, 7) is 4.94. The van der Waals surface area contributed by atoms with Crippen LogP contribution in [0.4, 0.5) is 0 Å². The molecule has 2 atom stereocenters. The van der Waals surface area contributed by atoms with Crippen molar-refractivity contribution in [2.75, 3.05) is 13.2 Å². The first-order valence-electron chi connectivity index (χ1n) is 40.9. The molecule has 90 heavy (non-hydrogen) atoms. The maximum absolute atomic E-state index is 12.5. The molecule has 0 radical (unpaired) electrons. The molecule has 0 rings (SSSR count). The van der Waals surface area contributed by atoms with Crippen LogP contribution in [0.25, 0.3) is 0 Å². The van der Waals surface area contributed by atoms with E-state index in [0.29, 0.717) is 19.4 Å². The number of esters is 1. The maximum atomic E-state index is 12.5. The fourth-order valence-electron chi connectivity index (χ4n) is 12.8. The second-order valence-corrected chi connectivity index (χ2v) is 28.1. The smallest absolute Gasteiger partial charge is 0.305 e. The molecule has 530 valence electrons. The largest absolute Gasteiger partial charge is 0.466 e. The van der Waals surface area contributed by atoms with Gasteiger partial charge in [0.1, 0.15) is 0 Å². The predicted molar refractivity (Wildman–Crippen MR) is 398 cm³/mol. The van der Waals surface area contributed by atoms with Crippen molar-refractivity contribution in [3.63, 3.8) is 0 Å². The Morgan fingerprint density at radius 3 is 0.856 bits per heavy atom. The third-order valence-corrected chi connectivity index (χ3v) is 19.1. The van der Waals surface area contributed by atoms with Crippen LogP contribution in [0.5, 0.6) is 0 Å². The van der Waals surface area contributed by atoms with Gasteiger partial charge in [-0.2, -0.15) is 0 Å². The molecule has 0 heterocycles. The molecule has 0 spiro atoms. The molecule has 6 nitrogen and oxygen atoms in total. The van der Waals surface area contributed by atoms with E-state index in [9.17, 15) is 19.8 Å². The highest BCUT2D eigenvalue weighted by molar-refractivity contribution is 5.76. The number of carbonyl (C=O) groups excluding carboxylic acids is 2. The number of aliphatic hydroxyl groups is 2. The van der Waals surface area contributed by atoms with E-state index in [4.69, 9.17) is 4.74 Å². The van der Waals surface area contributed by atoms with Crippen LogP contribution in [0, 0.1) is 0 Å². The van der Waals surface area contributed by atoms with Gasteiger partial charge in [0.25, 0.3) is 0 Å². The Labute approximate surface area is 563 Å². The highest BCUT2D eigenvalue weighted by Crippen LogP contribution is 2.19. The molecule has 0 bridgehead atoms. The molecule has 0 aromatic heterocycles. The second kappa shape index (κ2) is 79.3. The number of aliphatic hydroxyl groups excluding tert-OH is 2. The van der Waals surface area contributed by atoms with Gasteiger partial charge in [0.2, 0.25) is 5.91 Å². The van der Waals surface area contributed by atoms with Crippen molar-refractivity contribution in [1.29, 1.82) is 0 Å². The van der Waals surface area contributed by atoms with Crippen LogP contribution in [0.2, 0.25) is 0 Å². The minimum Gasteiger partial charge on any atom is -0.466 e. The highest BCUT2D eigenvalue weighted by Gasteiger charge is 2.18. The van der Waals surface area contributed by atoms with Gasteiger partial charge < -0.3 is 20.3 Å². The molecule has 0 saturated heterocycles. The molecule has 0 aliphatic heterocycles. The molecule has 6 heteroatoms. The van der Waals surface area contributed by atoms with Gasteiger partial charge >= 0.3 is 5.97 Å². The fraction of sp³-hybridized carbons (Fsp3) is 0.881. The number of ether oxygens (including phenoxy) is 1. The maximum Gasteiger partial charge on any atom is 0.305 e. The van der Waals surface area contributed by atoms with Crippen molar-refractivity contribution >= 4 is 11.9 Å². The summed E-state index contributed by atoms with van der Waals surface area (Å²) in [4.78, 5) is 24.7. The molecule has 0 fully saturated rings. The standard InChI is InChI=1S/C84H159NO5/c1-3-5-7-9-11-13-15-17-19-21-40-44-48-52-56-60-64-68-72-76-82(87)81(80-86)85-83(88)77-73-69-65-61-57-53-49-45-42-38-36-34-32-30-28-26-24-23-25-27-29-31-33-35-37-39-43-47-51-55-59-63-67-71-75-79-90-84(89)78-74-70-66-62-58-54-50-46-41-22-20-18-16-14-12-10-8-6-4-2/h18,20,25,27,31,33,72,76,81-82,86-87H,3-17,19,21-24,26,28-30,32,34-71,73-75,77-80H2,1-2H3,(H,85,88)/b20-18-,27-25-,33-31-,76-72+. The van der Waals surface area contributed by atoms with Crippen LogP contribution < -0.4 is 5.32 Å². The van der Waals surface area contributed by atoms with Crippen molar-refractivity contribution in [2.45, 2.75) is 463 Å². The monoisotopic (exact) mass is 1260 g/mol. The van der Waals surface area contributed by atoms with Gasteiger partial charge in [-0.15, -0.1) is 0 Å². The minimum absolute atomic E-state index is 0.0168. The molecule has 2 unspecified atom stereocenters. The van der Waals surface area contributed by atoms with Gasteiger partial charge in [0.15, 0.2) is 0 Å². The number of amides is 1. The van der Waals surface area contributed by atoms with Crippen LogP contribution in [0.3, 0.4) is 0 Å². The molecular weight excluding hydrogens is 1100 g/mol. The number of carbonyl (C=O) groups is 2. The lowest BCUT2D eigenvalue weighted by atomic mass is 10.0. The molecule has 3 N–H and O–H groups in total. The van der Waals surface area contributed by atoms with E-state index >= 15 is 0 Å². The van der Waals surface area contributed by atoms with Crippen molar-refractivity contribution in [1.82, 2.24) is 5.32 Å². The Morgan fingerprint density at radius 1 is 0.311 bits per heavy atom. The van der Waals surface area contributed by atoms with E-state index in [-0.39, 0.29) is 18.5 Å². The zero-order valence-electron chi connectivity index (χ0n) is 60.9. The summed E-state index contributed by atoms with van der Waals surface area (Å²) in [5.74, 6) is -0.0451. The van der Waals surface area contributed by atoms with Gasteiger partial charge in [-0.1, -0.05) is 396 Å². The SMILES string of the molecule is CCCCCCCC/C=C\CCCCCCCCCCCC(=O)OCCCCCCCCCCCCC/C=C\C/C=C\CCCCCCCCCCCCCCCCCCCC(=O)NC(CO)C(O)/C=C/CCCCCCCCCCCCCCCCCCC. The second-order valence-electron chi connectivity index (χ2n) is 28.1. The van der Waals surface area contributed by atoms with Crippen molar-refractivity contribution < 1.29 is 24.5 Å². The number of hydrogen-bond donors (Lipinski definition) is 3. The van der Waals surface area contributed by atoms with E-state index < -0.39 is 12.1 Å². The first kappa shape index (κ1) is 87.8. The summed E-state index contributed by atoms with van der Waals surface area (Å²) in [7, 11) is 0. The summed E-state index contributed by atoms with van der Waals surface area (Å²) in [6, 6.07) is -0.627. The summed E-state index contributed by atoms with van der Waals surface area (Å²) < 4.78 is 5.51. The zero-order chi connectivity index (χ0) is 64.9. The lowest BCUT2D eigenvalue weighted by Crippen LogP contribution is -2.45. The number of hydrogen-bond acceptors (Lipinski definition) is 5. The zero-order valence-corrected chi connectivity index (χ0v) is 60.9. The Morgan fingerprint density at radius 2 is 0.556 bits per heavy atom. The van der Waals surface area contributed by atoms with Crippen LogP contribution in [0.15, 0.2) is 48.6 Å². The fourth-order valence-corrected chi connectivity index (χ4v) is 12.8. The summed E-state index contributed by atoms with van der Waals surface area (Å²) in [5, 5.41) is 23.3. The summed E-state index contributed by atoms with van der Waals surface area (Å²) in [6.07, 6.45) is 105.